The summed E-state index contributed by atoms with van der Waals surface area (Å²) in [7, 11) is 0. The molecule has 0 saturated carbocycles. The van der Waals surface area contributed by atoms with E-state index >= 15 is 0 Å². The Bertz CT molecular complexity index is 289. The van der Waals surface area contributed by atoms with E-state index in [-0.39, 0.29) is 6.10 Å². The maximum atomic E-state index is 5.74. The SMILES string of the molecule is NCC1CCC(CNc2ccccc2)O1. The predicted molar refractivity (Wildman–Crippen MR) is 61.9 cm³/mol. The largest absolute Gasteiger partial charge is 0.382 e. The highest BCUT2D eigenvalue weighted by molar-refractivity contribution is 5.42. The molecule has 2 rings (SSSR count). The van der Waals surface area contributed by atoms with Crippen LogP contribution < -0.4 is 11.1 Å². The predicted octanol–water partition coefficient (Wildman–Crippen LogP) is 1.60. The van der Waals surface area contributed by atoms with E-state index in [4.69, 9.17) is 10.5 Å². The molecule has 2 atom stereocenters. The fraction of sp³-hybridized carbons (Fsp3) is 0.500. The molecule has 2 unspecified atom stereocenters. The standard InChI is InChI=1S/C12H18N2O/c13-8-11-6-7-12(15-11)9-14-10-4-2-1-3-5-10/h1-5,11-12,14H,6-9,13H2. The van der Waals surface area contributed by atoms with Gasteiger partial charge in [0.25, 0.3) is 0 Å². The number of benzene rings is 1. The Morgan fingerprint density at radius 1 is 1.20 bits per heavy atom. The summed E-state index contributed by atoms with van der Waals surface area (Å²) in [5, 5.41) is 3.37. The number of hydrogen-bond acceptors (Lipinski definition) is 3. The Morgan fingerprint density at radius 2 is 1.93 bits per heavy atom. The van der Waals surface area contributed by atoms with Crippen molar-refractivity contribution in [1.29, 1.82) is 0 Å². The third kappa shape index (κ3) is 2.94. The van der Waals surface area contributed by atoms with Crippen molar-refractivity contribution in [2.75, 3.05) is 18.4 Å². The highest BCUT2D eigenvalue weighted by Crippen LogP contribution is 2.19. The third-order valence-corrected chi connectivity index (χ3v) is 2.77. The van der Waals surface area contributed by atoms with Crippen molar-refractivity contribution in [2.24, 2.45) is 5.73 Å². The van der Waals surface area contributed by atoms with Gasteiger partial charge >= 0.3 is 0 Å². The zero-order valence-electron chi connectivity index (χ0n) is 8.86. The van der Waals surface area contributed by atoms with E-state index in [1.165, 1.54) is 0 Å². The molecular weight excluding hydrogens is 188 g/mol. The van der Waals surface area contributed by atoms with Crippen LogP contribution in [-0.2, 0) is 4.74 Å². The Hall–Kier alpha value is -1.06. The Labute approximate surface area is 90.6 Å². The van der Waals surface area contributed by atoms with Gasteiger partial charge in [-0.2, -0.15) is 0 Å². The number of hydrogen-bond donors (Lipinski definition) is 2. The number of nitrogens with two attached hydrogens (primary N) is 1. The van der Waals surface area contributed by atoms with Crippen molar-refractivity contribution in [3.05, 3.63) is 30.3 Å². The lowest BCUT2D eigenvalue weighted by Crippen LogP contribution is -2.24. The van der Waals surface area contributed by atoms with Crippen molar-refractivity contribution < 1.29 is 4.74 Å². The summed E-state index contributed by atoms with van der Waals surface area (Å²) in [5.41, 5.74) is 6.71. The quantitative estimate of drug-likeness (QED) is 0.786. The number of rotatable bonds is 4. The van der Waals surface area contributed by atoms with E-state index < -0.39 is 0 Å². The van der Waals surface area contributed by atoms with E-state index in [0.29, 0.717) is 12.6 Å². The minimum absolute atomic E-state index is 0.271. The Kier molecular flexibility index (Phi) is 3.59. The van der Waals surface area contributed by atoms with Gasteiger partial charge in [0.2, 0.25) is 0 Å². The lowest BCUT2D eigenvalue weighted by molar-refractivity contribution is 0.0578. The lowest BCUT2D eigenvalue weighted by atomic mass is 10.2. The summed E-state index contributed by atoms with van der Waals surface area (Å²) in [5.74, 6) is 0. The van der Waals surface area contributed by atoms with Gasteiger partial charge in [0.1, 0.15) is 0 Å². The highest BCUT2D eigenvalue weighted by Gasteiger charge is 2.23. The minimum Gasteiger partial charge on any atom is -0.382 e. The molecule has 3 nitrogen and oxygen atoms in total. The van der Waals surface area contributed by atoms with Crippen molar-refractivity contribution in [2.45, 2.75) is 25.0 Å². The maximum Gasteiger partial charge on any atom is 0.0752 e. The first-order chi connectivity index (χ1) is 7.38. The zero-order chi connectivity index (χ0) is 10.5. The van der Waals surface area contributed by atoms with Gasteiger partial charge in [0, 0.05) is 18.8 Å². The molecule has 0 radical (unpaired) electrons. The minimum atomic E-state index is 0.271. The van der Waals surface area contributed by atoms with Crippen LogP contribution in [0.25, 0.3) is 0 Å². The van der Waals surface area contributed by atoms with Crippen LogP contribution in [-0.4, -0.2) is 25.3 Å². The molecule has 0 spiro atoms. The smallest absolute Gasteiger partial charge is 0.0752 e. The first-order valence-corrected chi connectivity index (χ1v) is 5.53. The van der Waals surface area contributed by atoms with E-state index in [9.17, 15) is 0 Å². The Morgan fingerprint density at radius 3 is 2.60 bits per heavy atom. The summed E-state index contributed by atoms with van der Waals surface area (Å²) in [6, 6.07) is 10.2. The van der Waals surface area contributed by atoms with Crippen LogP contribution in [0.2, 0.25) is 0 Å². The number of anilines is 1. The molecule has 1 heterocycles. The van der Waals surface area contributed by atoms with Gasteiger partial charge in [-0.3, -0.25) is 0 Å². The normalized spacial score (nSPS) is 25.4. The molecule has 1 aliphatic heterocycles. The molecule has 0 aromatic heterocycles. The maximum absolute atomic E-state index is 5.74. The number of nitrogens with one attached hydrogen (secondary N) is 1. The molecule has 0 aliphatic carbocycles. The van der Waals surface area contributed by atoms with Crippen LogP contribution >= 0.6 is 0 Å². The molecule has 1 saturated heterocycles. The van der Waals surface area contributed by atoms with E-state index in [2.05, 4.69) is 17.4 Å². The second-order valence-corrected chi connectivity index (χ2v) is 3.94. The number of ether oxygens (including phenoxy) is 1. The van der Waals surface area contributed by atoms with Crippen LogP contribution in [0.3, 0.4) is 0 Å². The van der Waals surface area contributed by atoms with Crippen LogP contribution in [0.5, 0.6) is 0 Å². The van der Waals surface area contributed by atoms with Crippen LogP contribution in [0.1, 0.15) is 12.8 Å². The summed E-state index contributed by atoms with van der Waals surface area (Å²) in [6.45, 7) is 1.52. The first kappa shape index (κ1) is 10.5. The molecule has 82 valence electrons. The molecule has 1 aliphatic rings. The molecule has 0 bridgehead atoms. The van der Waals surface area contributed by atoms with Gasteiger partial charge < -0.3 is 15.8 Å². The van der Waals surface area contributed by atoms with Gasteiger partial charge in [-0.1, -0.05) is 18.2 Å². The van der Waals surface area contributed by atoms with Crippen molar-refractivity contribution in [3.8, 4) is 0 Å². The highest BCUT2D eigenvalue weighted by atomic mass is 16.5. The Balaban J connectivity index is 1.75. The molecular formula is C12H18N2O. The van der Waals surface area contributed by atoms with E-state index in [0.717, 1.165) is 25.1 Å². The molecule has 1 aromatic rings. The molecule has 1 aromatic carbocycles. The fourth-order valence-electron chi connectivity index (χ4n) is 1.89. The van der Waals surface area contributed by atoms with Crippen LogP contribution in [0, 0.1) is 0 Å². The average Bonchev–Trinajstić information content (AvgIpc) is 2.76. The second kappa shape index (κ2) is 5.14. The molecule has 3 N–H and O–H groups in total. The average molecular weight is 206 g/mol. The lowest BCUT2D eigenvalue weighted by Gasteiger charge is -2.13. The van der Waals surface area contributed by atoms with Gasteiger partial charge in [-0.05, 0) is 25.0 Å². The summed E-state index contributed by atoms with van der Waals surface area (Å²) < 4.78 is 5.74. The van der Waals surface area contributed by atoms with Crippen molar-refractivity contribution in [1.82, 2.24) is 0 Å². The zero-order valence-corrected chi connectivity index (χ0v) is 8.86. The van der Waals surface area contributed by atoms with Gasteiger partial charge in [-0.15, -0.1) is 0 Å². The number of para-hydroxylation sites is 1. The first-order valence-electron chi connectivity index (χ1n) is 5.53. The monoisotopic (exact) mass is 206 g/mol. The second-order valence-electron chi connectivity index (χ2n) is 3.94. The third-order valence-electron chi connectivity index (χ3n) is 2.77. The van der Waals surface area contributed by atoms with E-state index in [1.807, 2.05) is 18.2 Å². The molecule has 3 heteroatoms. The van der Waals surface area contributed by atoms with Crippen LogP contribution in [0.4, 0.5) is 5.69 Å². The topological polar surface area (TPSA) is 47.3 Å². The van der Waals surface area contributed by atoms with Crippen LogP contribution in [0.15, 0.2) is 30.3 Å². The summed E-state index contributed by atoms with van der Waals surface area (Å²) >= 11 is 0. The van der Waals surface area contributed by atoms with Gasteiger partial charge in [0.15, 0.2) is 0 Å². The summed E-state index contributed by atoms with van der Waals surface area (Å²) in [6.07, 6.45) is 2.80. The van der Waals surface area contributed by atoms with Gasteiger partial charge in [0.05, 0.1) is 12.2 Å². The molecule has 1 fully saturated rings. The van der Waals surface area contributed by atoms with Crippen molar-refractivity contribution in [3.63, 3.8) is 0 Å². The molecule has 15 heavy (non-hydrogen) atoms. The van der Waals surface area contributed by atoms with Crippen molar-refractivity contribution >= 4 is 5.69 Å². The summed E-state index contributed by atoms with van der Waals surface area (Å²) in [4.78, 5) is 0. The van der Waals surface area contributed by atoms with E-state index in [1.54, 1.807) is 0 Å². The fourth-order valence-corrected chi connectivity index (χ4v) is 1.89. The van der Waals surface area contributed by atoms with Gasteiger partial charge in [-0.25, -0.2) is 0 Å². The molecule has 0 amide bonds.